The lowest BCUT2D eigenvalue weighted by atomic mass is 10.1. The van der Waals surface area contributed by atoms with Gasteiger partial charge in [-0.25, -0.2) is 23.1 Å². The molecule has 0 unspecified atom stereocenters. The van der Waals surface area contributed by atoms with E-state index in [-0.39, 0.29) is 11.4 Å². The predicted molar refractivity (Wildman–Crippen MR) is 108 cm³/mol. The molecule has 4 rings (SSSR count). The second-order valence-corrected chi connectivity index (χ2v) is 8.12. The summed E-state index contributed by atoms with van der Waals surface area (Å²) in [5.74, 6) is 1.31. The average molecular weight is 410 g/mol. The van der Waals surface area contributed by atoms with Crippen LogP contribution in [0, 0.1) is 0 Å². The number of ether oxygens (including phenoxy) is 1. The Balaban J connectivity index is 1.52. The molecule has 0 radical (unpaired) electrons. The second-order valence-electron chi connectivity index (χ2n) is 6.35. The number of hydrogen-bond acceptors (Lipinski definition) is 7. The second kappa shape index (κ2) is 7.98. The molecule has 8 nitrogen and oxygen atoms in total. The van der Waals surface area contributed by atoms with Crippen molar-refractivity contribution in [3.05, 3.63) is 60.3 Å². The topological polar surface area (TPSA) is 110 Å². The predicted octanol–water partition coefficient (Wildman–Crippen LogP) is 2.30. The first-order valence-corrected chi connectivity index (χ1v) is 10.4. The number of aromatic nitrogens is 2. The van der Waals surface area contributed by atoms with E-state index in [1.807, 2.05) is 18.2 Å². The molecule has 9 heteroatoms. The summed E-state index contributed by atoms with van der Waals surface area (Å²) in [6.07, 6.45) is 3.04. The van der Waals surface area contributed by atoms with Crippen molar-refractivity contribution in [2.24, 2.45) is 0 Å². The molecular formula is C20H18N4O4S. The molecule has 1 aromatic heterocycles. The van der Waals surface area contributed by atoms with E-state index in [1.54, 1.807) is 18.3 Å². The maximum absolute atomic E-state index is 12.0. The van der Waals surface area contributed by atoms with Crippen molar-refractivity contribution >= 4 is 27.9 Å². The van der Waals surface area contributed by atoms with Crippen LogP contribution in [0.5, 0.6) is 5.75 Å². The van der Waals surface area contributed by atoms with Crippen molar-refractivity contribution < 1.29 is 17.9 Å². The summed E-state index contributed by atoms with van der Waals surface area (Å²) in [5, 5.41) is 3.07. The molecule has 1 aliphatic rings. The molecule has 3 aromatic rings. The van der Waals surface area contributed by atoms with Gasteiger partial charge in [-0.15, -0.1) is 0 Å². The zero-order valence-electron chi connectivity index (χ0n) is 15.3. The Kier molecular flexibility index (Phi) is 5.24. The lowest BCUT2D eigenvalue weighted by molar-refractivity contribution is -0.106. The van der Waals surface area contributed by atoms with Gasteiger partial charge in [0.1, 0.15) is 12.0 Å². The van der Waals surface area contributed by atoms with E-state index in [1.165, 1.54) is 12.1 Å². The number of fused-ring (bicyclic) bond motifs is 1. The van der Waals surface area contributed by atoms with E-state index in [0.717, 1.165) is 29.0 Å². The molecule has 0 bridgehead atoms. The first-order chi connectivity index (χ1) is 14.0. The van der Waals surface area contributed by atoms with Crippen molar-refractivity contribution in [3.63, 3.8) is 0 Å². The van der Waals surface area contributed by atoms with Crippen molar-refractivity contribution in [1.29, 1.82) is 0 Å². The van der Waals surface area contributed by atoms with Gasteiger partial charge in [-0.1, -0.05) is 0 Å². The van der Waals surface area contributed by atoms with Gasteiger partial charge in [0.2, 0.25) is 16.0 Å². The van der Waals surface area contributed by atoms with Gasteiger partial charge in [0.25, 0.3) is 0 Å². The molecule has 29 heavy (non-hydrogen) atoms. The van der Waals surface area contributed by atoms with Gasteiger partial charge in [-0.2, -0.15) is 0 Å². The Morgan fingerprint density at radius 3 is 2.72 bits per heavy atom. The number of anilines is 2. The summed E-state index contributed by atoms with van der Waals surface area (Å²) >= 11 is 0. The summed E-state index contributed by atoms with van der Waals surface area (Å²) in [6.45, 7) is 0.434. The molecular weight excluding hydrogens is 392 g/mol. The van der Waals surface area contributed by atoms with Gasteiger partial charge in [0, 0.05) is 23.9 Å². The van der Waals surface area contributed by atoms with Gasteiger partial charge in [0.05, 0.1) is 23.7 Å². The lowest BCUT2D eigenvalue weighted by Crippen LogP contribution is -2.25. The van der Waals surface area contributed by atoms with Gasteiger partial charge >= 0.3 is 0 Å². The Morgan fingerprint density at radius 1 is 1.10 bits per heavy atom. The maximum Gasteiger partial charge on any atom is 0.240 e. The number of sulfonamides is 1. The van der Waals surface area contributed by atoms with Crippen LogP contribution in [0.25, 0.3) is 11.3 Å². The first-order valence-electron chi connectivity index (χ1n) is 8.95. The third-order valence-corrected chi connectivity index (χ3v) is 5.86. The third kappa shape index (κ3) is 4.25. The number of carbonyl (C=O) groups is 1. The van der Waals surface area contributed by atoms with Crippen LogP contribution in [-0.2, 0) is 21.2 Å². The van der Waals surface area contributed by atoms with Crippen LogP contribution in [-0.4, -0.2) is 37.8 Å². The molecule has 0 saturated heterocycles. The Bertz CT molecular complexity index is 1150. The number of nitrogens with zero attached hydrogens (tertiary/aromatic N) is 2. The number of hydrogen-bond donors (Lipinski definition) is 2. The van der Waals surface area contributed by atoms with Crippen LogP contribution in [0.2, 0.25) is 0 Å². The standard InChI is InChI=1S/C20H18N4O4S/c25-11-10-22-29(26,27)17-4-2-16(3-5-17)23-20-21-9-7-18(24-20)14-1-6-19-15(13-14)8-12-28-19/h1-7,9,11,13,22H,8,10,12H2,(H,21,23,24). The van der Waals surface area contributed by atoms with Crippen LogP contribution in [0.3, 0.4) is 0 Å². The fourth-order valence-electron chi connectivity index (χ4n) is 3.00. The molecule has 0 spiro atoms. The van der Waals surface area contributed by atoms with Crippen LogP contribution in [0.4, 0.5) is 11.6 Å². The summed E-state index contributed by atoms with van der Waals surface area (Å²) in [7, 11) is -3.71. The number of carbonyl (C=O) groups excluding carboxylic acids is 1. The molecule has 2 N–H and O–H groups in total. The van der Waals surface area contributed by atoms with Crippen LogP contribution < -0.4 is 14.8 Å². The molecule has 0 aliphatic carbocycles. The number of aldehydes is 1. The van der Waals surface area contributed by atoms with Crippen LogP contribution >= 0.6 is 0 Å². The summed E-state index contributed by atoms with van der Waals surface area (Å²) in [4.78, 5) is 19.2. The highest BCUT2D eigenvalue weighted by atomic mass is 32.2. The van der Waals surface area contributed by atoms with E-state index >= 15 is 0 Å². The summed E-state index contributed by atoms with van der Waals surface area (Å²) in [5.41, 5.74) is 3.55. The van der Waals surface area contributed by atoms with E-state index in [9.17, 15) is 13.2 Å². The Morgan fingerprint density at radius 2 is 1.93 bits per heavy atom. The maximum atomic E-state index is 12.0. The number of nitrogens with one attached hydrogen (secondary N) is 2. The Labute approximate surface area is 168 Å². The molecule has 0 fully saturated rings. The van der Waals surface area contributed by atoms with Gasteiger partial charge in [-0.05, 0) is 54.1 Å². The summed E-state index contributed by atoms with van der Waals surface area (Å²) < 4.78 is 31.8. The van der Waals surface area contributed by atoms with E-state index in [2.05, 4.69) is 26.1 Å². The van der Waals surface area contributed by atoms with E-state index < -0.39 is 10.0 Å². The van der Waals surface area contributed by atoms with Gasteiger partial charge in [0.15, 0.2) is 0 Å². The zero-order chi connectivity index (χ0) is 20.3. The molecule has 2 aromatic carbocycles. The van der Waals surface area contributed by atoms with Crippen molar-refractivity contribution in [1.82, 2.24) is 14.7 Å². The zero-order valence-corrected chi connectivity index (χ0v) is 16.1. The Hall–Kier alpha value is -3.30. The minimum atomic E-state index is -3.71. The minimum Gasteiger partial charge on any atom is -0.493 e. The number of rotatable bonds is 7. The largest absolute Gasteiger partial charge is 0.493 e. The van der Waals surface area contributed by atoms with Crippen LogP contribution in [0.15, 0.2) is 59.6 Å². The SMILES string of the molecule is O=CCNS(=O)(=O)c1ccc(Nc2nccc(-c3ccc4c(c3)CCO4)n2)cc1. The highest BCUT2D eigenvalue weighted by Gasteiger charge is 2.14. The van der Waals surface area contributed by atoms with E-state index in [0.29, 0.717) is 24.5 Å². The van der Waals surface area contributed by atoms with Crippen LogP contribution in [0.1, 0.15) is 5.56 Å². The monoisotopic (exact) mass is 410 g/mol. The minimum absolute atomic E-state index is 0.0694. The highest BCUT2D eigenvalue weighted by molar-refractivity contribution is 7.89. The quantitative estimate of drug-likeness (QED) is 0.575. The van der Waals surface area contributed by atoms with Crippen molar-refractivity contribution in [2.45, 2.75) is 11.3 Å². The number of benzene rings is 2. The fourth-order valence-corrected chi connectivity index (χ4v) is 3.95. The smallest absolute Gasteiger partial charge is 0.240 e. The molecule has 2 heterocycles. The molecule has 148 valence electrons. The first kappa shape index (κ1) is 19.0. The van der Waals surface area contributed by atoms with Gasteiger partial charge < -0.3 is 14.8 Å². The lowest BCUT2D eigenvalue weighted by Gasteiger charge is -2.09. The third-order valence-electron chi connectivity index (χ3n) is 4.42. The highest BCUT2D eigenvalue weighted by Crippen LogP contribution is 2.30. The van der Waals surface area contributed by atoms with E-state index in [4.69, 9.17) is 4.74 Å². The average Bonchev–Trinajstić information content (AvgIpc) is 3.21. The molecule has 1 aliphatic heterocycles. The summed E-state index contributed by atoms with van der Waals surface area (Å²) in [6, 6.07) is 13.9. The fraction of sp³-hybridized carbons (Fsp3) is 0.150. The normalized spacial score (nSPS) is 12.8. The molecule has 0 amide bonds. The van der Waals surface area contributed by atoms with Crippen molar-refractivity contribution in [3.8, 4) is 17.0 Å². The molecule has 0 atom stereocenters. The van der Waals surface area contributed by atoms with Crippen molar-refractivity contribution in [2.75, 3.05) is 18.5 Å². The molecule has 0 saturated carbocycles. The van der Waals surface area contributed by atoms with Gasteiger partial charge in [-0.3, -0.25) is 0 Å².